The van der Waals surface area contributed by atoms with E-state index < -0.39 is 0 Å². The Morgan fingerprint density at radius 2 is 1.83 bits per heavy atom. The average Bonchev–Trinajstić information content (AvgIpc) is 2.46. The van der Waals surface area contributed by atoms with Crippen LogP contribution >= 0.6 is 0 Å². The molecule has 0 aromatic heterocycles. The van der Waals surface area contributed by atoms with Crippen LogP contribution in [-0.4, -0.2) is 7.11 Å². The highest BCUT2D eigenvalue weighted by atomic mass is 16.5. The van der Waals surface area contributed by atoms with Crippen molar-refractivity contribution in [3.8, 4) is 35.3 Å². The third kappa shape index (κ3) is 1.93. The lowest BCUT2D eigenvalue weighted by Gasteiger charge is -2.12. The van der Waals surface area contributed by atoms with Crippen LogP contribution in [0.5, 0.6) is 5.75 Å². The van der Waals surface area contributed by atoms with E-state index in [-0.39, 0.29) is 0 Å². The molecule has 0 bridgehead atoms. The van der Waals surface area contributed by atoms with Crippen molar-refractivity contribution >= 4 is 0 Å². The fourth-order valence-corrected chi connectivity index (χ4v) is 1.89. The fourth-order valence-electron chi connectivity index (χ4n) is 1.89. The van der Waals surface area contributed by atoms with Gasteiger partial charge in [0.05, 0.1) is 18.2 Å². The van der Waals surface area contributed by atoms with Gasteiger partial charge in [0, 0.05) is 5.56 Å². The molecule has 0 saturated heterocycles. The highest BCUT2D eigenvalue weighted by Gasteiger charge is 2.13. The van der Waals surface area contributed by atoms with Crippen molar-refractivity contribution in [1.29, 1.82) is 5.26 Å². The van der Waals surface area contributed by atoms with Crippen molar-refractivity contribution in [2.75, 3.05) is 7.11 Å². The Morgan fingerprint density at radius 1 is 1.11 bits per heavy atom. The number of rotatable bonds is 2. The summed E-state index contributed by atoms with van der Waals surface area (Å²) < 4.78 is 5.34. The van der Waals surface area contributed by atoms with Crippen molar-refractivity contribution in [3.05, 3.63) is 53.6 Å². The van der Waals surface area contributed by atoms with E-state index in [2.05, 4.69) is 12.0 Å². The summed E-state index contributed by atoms with van der Waals surface area (Å²) in [5.41, 5.74) is 2.79. The Kier molecular flexibility index (Phi) is 3.32. The maximum atomic E-state index is 9.10. The third-order valence-electron chi connectivity index (χ3n) is 2.71. The van der Waals surface area contributed by atoms with Crippen LogP contribution in [0, 0.1) is 23.7 Å². The lowest BCUT2D eigenvalue weighted by atomic mass is 9.95. The summed E-state index contributed by atoms with van der Waals surface area (Å²) in [4.78, 5) is 0. The monoisotopic (exact) mass is 233 g/mol. The number of ether oxygens (including phenoxy) is 1. The molecular formula is C16H11NO. The molecule has 0 unspecified atom stereocenters. The molecule has 0 fully saturated rings. The van der Waals surface area contributed by atoms with E-state index in [1.165, 1.54) is 0 Å². The minimum atomic E-state index is 0.483. The molecule has 2 aromatic carbocycles. The van der Waals surface area contributed by atoms with Crippen LogP contribution < -0.4 is 4.74 Å². The van der Waals surface area contributed by atoms with Gasteiger partial charge in [-0.1, -0.05) is 36.3 Å². The number of hydrogen-bond acceptors (Lipinski definition) is 2. The maximum absolute atomic E-state index is 9.10. The van der Waals surface area contributed by atoms with E-state index in [0.29, 0.717) is 16.9 Å². The topological polar surface area (TPSA) is 33.0 Å². The van der Waals surface area contributed by atoms with Gasteiger partial charge >= 0.3 is 0 Å². The summed E-state index contributed by atoms with van der Waals surface area (Å²) >= 11 is 0. The lowest BCUT2D eigenvalue weighted by molar-refractivity contribution is 0.416. The standard InChI is InChI=1S/C16H11NO/c1-3-14-13(11-17)9-10-15(18-2)16(14)12-7-5-4-6-8-12/h1,4-10H,2H3. The molecular weight excluding hydrogens is 222 g/mol. The first-order valence-electron chi connectivity index (χ1n) is 5.45. The predicted octanol–water partition coefficient (Wildman–Crippen LogP) is 3.22. The van der Waals surface area contributed by atoms with Crippen LogP contribution in [0.1, 0.15) is 11.1 Å². The van der Waals surface area contributed by atoms with Gasteiger partial charge in [-0.15, -0.1) is 6.42 Å². The summed E-state index contributed by atoms with van der Waals surface area (Å²) in [5, 5.41) is 9.10. The molecule has 2 heteroatoms. The van der Waals surface area contributed by atoms with Crippen molar-refractivity contribution in [2.45, 2.75) is 0 Å². The van der Waals surface area contributed by atoms with Gasteiger partial charge in [-0.3, -0.25) is 0 Å². The zero-order valence-electron chi connectivity index (χ0n) is 9.97. The minimum absolute atomic E-state index is 0.483. The molecule has 2 nitrogen and oxygen atoms in total. The van der Waals surface area contributed by atoms with Crippen LogP contribution in [0.2, 0.25) is 0 Å². The number of benzene rings is 2. The molecule has 0 amide bonds. The van der Waals surface area contributed by atoms with Gasteiger partial charge in [0.1, 0.15) is 11.8 Å². The van der Waals surface area contributed by atoms with Crippen LogP contribution in [0.3, 0.4) is 0 Å². The predicted molar refractivity (Wildman–Crippen MR) is 71.1 cm³/mol. The SMILES string of the molecule is C#Cc1c(C#N)ccc(OC)c1-c1ccccc1. The van der Waals surface area contributed by atoms with Gasteiger partial charge in [-0.2, -0.15) is 5.26 Å². The van der Waals surface area contributed by atoms with Crippen molar-refractivity contribution < 1.29 is 4.74 Å². The van der Waals surface area contributed by atoms with E-state index in [1.54, 1.807) is 19.2 Å². The Hall–Kier alpha value is -2.71. The van der Waals surface area contributed by atoms with E-state index in [0.717, 1.165) is 11.1 Å². The molecule has 0 spiro atoms. The van der Waals surface area contributed by atoms with Crippen molar-refractivity contribution in [1.82, 2.24) is 0 Å². The summed E-state index contributed by atoms with van der Waals surface area (Å²) in [7, 11) is 1.59. The number of methoxy groups -OCH3 is 1. The normalized spacial score (nSPS) is 9.28. The molecule has 0 atom stereocenters. The van der Waals surface area contributed by atoms with Crippen LogP contribution in [0.15, 0.2) is 42.5 Å². The summed E-state index contributed by atoms with van der Waals surface area (Å²) in [6.45, 7) is 0. The average molecular weight is 233 g/mol. The van der Waals surface area contributed by atoms with Crippen LogP contribution in [0.4, 0.5) is 0 Å². The van der Waals surface area contributed by atoms with Gasteiger partial charge in [0.15, 0.2) is 0 Å². The van der Waals surface area contributed by atoms with Gasteiger partial charge in [-0.25, -0.2) is 0 Å². The second kappa shape index (κ2) is 5.08. The third-order valence-corrected chi connectivity index (χ3v) is 2.71. The van der Waals surface area contributed by atoms with E-state index in [9.17, 15) is 0 Å². The molecule has 0 N–H and O–H groups in total. The molecule has 0 aliphatic heterocycles. The summed E-state index contributed by atoms with van der Waals surface area (Å²) in [6, 6.07) is 15.2. The largest absolute Gasteiger partial charge is 0.496 e. The second-order valence-electron chi connectivity index (χ2n) is 3.69. The maximum Gasteiger partial charge on any atom is 0.128 e. The van der Waals surface area contributed by atoms with Gasteiger partial charge in [-0.05, 0) is 17.7 Å². The number of hydrogen-bond donors (Lipinski definition) is 0. The molecule has 2 aromatic rings. The first kappa shape index (κ1) is 11.8. The van der Waals surface area contributed by atoms with E-state index in [1.807, 2.05) is 30.3 Å². The summed E-state index contributed by atoms with van der Waals surface area (Å²) in [6.07, 6.45) is 5.53. The number of nitriles is 1. The highest BCUT2D eigenvalue weighted by molar-refractivity contribution is 5.79. The Morgan fingerprint density at radius 3 is 2.39 bits per heavy atom. The summed E-state index contributed by atoms with van der Waals surface area (Å²) in [5.74, 6) is 3.26. The Labute approximate surface area is 106 Å². The quantitative estimate of drug-likeness (QED) is 0.746. The molecule has 2 rings (SSSR count). The van der Waals surface area contributed by atoms with Gasteiger partial charge in [0.25, 0.3) is 0 Å². The first-order valence-corrected chi connectivity index (χ1v) is 5.45. The molecule has 0 aliphatic carbocycles. The zero-order chi connectivity index (χ0) is 13.0. The molecule has 18 heavy (non-hydrogen) atoms. The zero-order valence-corrected chi connectivity index (χ0v) is 9.97. The van der Waals surface area contributed by atoms with Crippen LogP contribution in [0.25, 0.3) is 11.1 Å². The number of nitrogens with zero attached hydrogens (tertiary/aromatic N) is 1. The molecule has 0 radical (unpaired) electrons. The van der Waals surface area contributed by atoms with Crippen molar-refractivity contribution in [2.24, 2.45) is 0 Å². The number of terminal acetylenes is 1. The lowest BCUT2D eigenvalue weighted by Crippen LogP contribution is -1.94. The minimum Gasteiger partial charge on any atom is -0.496 e. The van der Waals surface area contributed by atoms with Crippen LogP contribution in [-0.2, 0) is 0 Å². The highest BCUT2D eigenvalue weighted by Crippen LogP contribution is 2.34. The van der Waals surface area contributed by atoms with E-state index in [4.69, 9.17) is 16.4 Å². The Bertz CT molecular complexity index is 645. The first-order chi connectivity index (χ1) is 8.81. The Balaban J connectivity index is 2.80. The smallest absolute Gasteiger partial charge is 0.128 e. The molecule has 0 heterocycles. The van der Waals surface area contributed by atoms with Crippen molar-refractivity contribution in [3.63, 3.8) is 0 Å². The van der Waals surface area contributed by atoms with Gasteiger partial charge in [0.2, 0.25) is 0 Å². The van der Waals surface area contributed by atoms with E-state index >= 15 is 0 Å². The van der Waals surface area contributed by atoms with Gasteiger partial charge < -0.3 is 4.74 Å². The molecule has 86 valence electrons. The molecule has 0 saturated carbocycles. The molecule has 0 aliphatic rings. The fraction of sp³-hybridized carbons (Fsp3) is 0.0625. The second-order valence-corrected chi connectivity index (χ2v) is 3.69.